The minimum atomic E-state index is -0.704. The normalized spacial score (nSPS) is 24.0. The van der Waals surface area contributed by atoms with Gasteiger partial charge in [0.2, 0.25) is 5.90 Å². The molecule has 0 spiro atoms. The summed E-state index contributed by atoms with van der Waals surface area (Å²) in [5, 5.41) is 12.2. The van der Waals surface area contributed by atoms with Crippen LogP contribution in [0.5, 0.6) is 0 Å². The molecule has 150 valence electrons. The minimum Gasteiger partial charge on any atom is -0.442 e. The van der Waals surface area contributed by atoms with Gasteiger partial charge >= 0.3 is 0 Å². The van der Waals surface area contributed by atoms with Gasteiger partial charge in [0.15, 0.2) is 6.29 Å². The molecule has 1 saturated carbocycles. The Labute approximate surface area is 174 Å². The molecule has 7 heteroatoms. The molecular weight excluding hydrogens is 384 g/mol. The number of aldehydes is 1. The van der Waals surface area contributed by atoms with E-state index in [0.717, 1.165) is 37.4 Å². The molecule has 0 radical (unpaired) electrons. The molecule has 0 amide bonds. The van der Waals surface area contributed by atoms with Crippen molar-refractivity contribution < 1.29 is 9.53 Å². The van der Waals surface area contributed by atoms with Crippen LogP contribution in [0.1, 0.15) is 30.4 Å². The minimum absolute atomic E-state index is 0.246. The lowest BCUT2D eigenvalue weighted by Gasteiger charge is -2.44. The van der Waals surface area contributed by atoms with Crippen molar-refractivity contribution in [3.8, 4) is 0 Å². The Kier molecular flexibility index (Phi) is 5.26. The van der Waals surface area contributed by atoms with Gasteiger partial charge in [-0.15, -0.1) is 16.9 Å². The molecule has 2 aromatic carbocycles. The Morgan fingerprint density at radius 3 is 2.55 bits per heavy atom. The lowest BCUT2D eigenvalue weighted by atomic mass is 10.2. The van der Waals surface area contributed by atoms with Crippen molar-refractivity contribution in [1.82, 2.24) is 15.4 Å². The second kappa shape index (κ2) is 8.18. The summed E-state index contributed by atoms with van der Waals surface area (Å²) in [6.45, 7) is 1.80. The van der Waals surface area contributed by atoms with E-state index in [1.165, 1.54) is 23.3 Å². The summed E-state index contributed by atoms with van der Waals surface area (Å²) in [4.78, 5) is 12.8. The number of nitrogens with one attached hydrogen (secondary N) is 1. The van der Waals surface area contributed by atoms with Crippen molar-refractivity contribution in [2.75, 3.05) is 6.54 Å². The van der Waals surface area contributed by atoms with Crippen LogP contribution < -0.4 is 5.32 Å². The zero-order valence-electron chi connectivity index (χ0n) is 16.1. The Hall–Kier alpha value is -2.35. The number of hydrogen-bond donors (Lipinski definition) is 1. The quantitative estimate of drug-likeness (QED) is 0.677. The van der Waals surface area contributed by atoms with E-state index in [2.05, 4.69) is 39.7 Å². The molecule has 1 N–H and O–H groups in total. The third kappa shape index (κ3) is 4.17. The van der Waals surface area contributed by atoms with Gasteiger partial charge in [0.05, 0.1) is 5.37 Å². The predicted molar refractivity (Wildman–Crippen MR) is 113 cm³/mol. The number of hydrazone groups is 1. The maximum Gasteiger partial charge on any atom is 0.259 e. The zero-order valence-corrected chi connectivity index (χ0v) is 16.9. The summed E-state index contributed by atoms with van der Waals surface area (Å²) in [5.74, 6) is 0.492. The van der Waals surface area contributed by atoms with Crippen LogP contribution in [0.4, 0.5) is 0 Å². The van der Waals surface area contributed by atoms with Gasteiger partial charge in [-0.2, -0.15) is 10.1 Å². The van der Waals surface area contributed by atoms with Crippen molar-refractivity contribution in [2.45, 2.75) is 48.3 Å². The van der Waals surface area contributed by atoms with Gasteiger partial charge < -0.3 is 10.1 Å². The van der Waals surface area contributed by atoms with Crippen molar-refractivity contribution in [3.63, 3.8) is 0 Å². The van der Waals surface area contributed by atoms with E-state index in [1.54, 1.807) is 16.9 Å². The smallest absolute Gasteiger partial charge is 0.259 e. The molecule has 2 aromatic rings. The number of hydrazine groups is 1. The van der Waals surface area contributed by atoms with Crippen LogP contribution in [-0.4, -0.2) is 46.5 Å². The van der Waals surface area contributed by atoms with Crippen LogP contribution in [0.2, 0.25) is 0 Å². The van der Waals surface area contributed by atoms with E-state index in [4.69, 9.17) is 4.74 Å². The molecule has 2 unspecified atom stereocenters. The Bertz CT molecular complexity index is 885. The molecule has 1 aliphatic carbocycles. The van der Waals surface area contributed by atoms with Crippen molar-refractivity contribution >= 4 is 23.9 Å². The van der Waals surface area contributed by atoms with Crippen LogP contribution in [0, 0.1) is 0 Å². The number of thioether (sulfide) groups is 1. The molecule has 0 aromatic heterocycles. The van der Waals surface area contributed by atoms with Gasteiger partial charge in [-0.05, 0) is 49.1 Å². The van der Waals surface area contributed by atoms with Crippen LogP contribution in [-0.2, 0) is 16.1 Å². The number of rotatable bonds is 8. The number of benzene rings is 2. The van der Waals surface area contributed by atoms with E-state index in [9.17, 15) is 4.79 Å². The highest BCUT2D eigenvalue weighted by Gasteiger charge is 2.41. The lowest BCUT2D eigenvalue weighted by molar-refractivity contribution is -0.158. The molecule has 5 rings (SSSR count). The van der Waals surface area contributed by atoms with E-state index < -0.39 is 6.23 Å². The fourth-order valence-electron chi connectivity index (χ4n) is 3.42. The van der Waals surface area contributed by atoms with Gasteiger partial charge in [-0.25, -0.2) is 0 Å². The van der Waals surface area contributed by atoms with E-state index >= 15 is 0 Å². The predicted octanol–water partition coefficient (Wildman–Crippen LogP) is 3.20. The van der Waals surface area contributed by atoms with Gasteiger partial charge in [-0.1, -0.05) is 30.3 Å². The highest BCUT2D eigenvalue weighted by atomic mass is 32.2. The van der Waals surface area contributed by atoms with Crippen molar-refractivity contribution in [1.29, 1.82) is 0 Å². The topological polar surface area (TPSA) is 57.2 Å². The van der Waals surface area contributed by atoms with E-state index in [1.807, 2.05) is 30.3 Å². The summed E-state index contributed by atoms with van der Waals surface area (Å²) in [5.41, 5.74) is 2.19. The van der Waals surface area contributed by atoms with Gasteiger partial charge in [0.25, 0.3) is 6.23 Å². The van der Waals surface area contributed by atoms with Crippen LogP contribution in [0.15, 0.2) is 64.6 Å². The molecule has 2 atom stereocenters. The van der Waals surface area contributed by atoms with Crippen molar-refractivity contribution in [3.05, 3.63) is 65.7 Å². The number of carbonyl (C=O) groups is 1. The molecular formula is C22H24N4O2S. The molecule has 2 heterocycles. The zero-order chi connectivity index (χ0) is 19.6. The summed E-state index contributed by atoms with van der Waals surface area (Å²) in [6, 6.07) is 19.2. The van der Waals surface area contributed by atoms with Crippen LogP contribution in [0.25, 0.3) is 0 Å². The Morgan fingerprint density at radius 1 is 1.10 bits per heavy atom. The second-order valence-electron chi connectivity index (χ2n) is 7.56. The molecule has 3 aliphatic rings. The first kappa shape index (κ1) is 18.7. The Balaban J connectivity index is 1.23. The largest absolute Gasteiger partial charge is 0.442 e. The van der Waals surface area contributed by atoms with E-state index in [0.29, 0.717) is 5.90 Å². The number of ether oxygens (including phenoxy) is 1. The van der Waals surface area contributed by atoms with Gasteiger partial charge in [0, 0.05) is 29.6 Å². The van der Waals surface area contributed by atoms with Gasteiger partial charge in [0.1, 0.15) is 0 Å². The standard InChI is InChI=1S/C22H24N4O2S/c27-15-20-26(24-22(28-20)17-4-2-1-3-5-17)25-13-12-21(25)29-19-10-6-16(7-11-19)14-23-18-8-9-18/h1-7,10-11,15,18,20-21,23H,8-9,12-14H2. The lowest BCUT2D eigenvalue weighted by Crippen LogP contribution is -2.56. The second-order valence-corrected chi connectivity index (χ2v) is 8.81. The maximum absolute atomic E-state index is 11.6. The average molecular weight is 409 g/mol. The first-order valence-electron chi connectivity index (χ1n) is 10.1. The fourth-order valence-corrected chi connectivity index (χ4v) is 4.58. The molecule has 1 saturated heterocycles. The SMILES string of the molecule is O=CC1OC(c2ccccc2)=NN1N1CCC1Sc1ccc(CNC2CC2)cc1. The summed E-state index contributed by atoms with van der Waals surface area (Å²) < 4.78 is 5.78. The van der Waals surface area contributed by atoms with Crippen LogP contribution >= 0.6 is 11.8 Å². The van der Waals surface area contributed by atoms with Crippen molar-refractivity contribution in [2.24, 2.45) is 5.10 Å². The molecule has 2 fully saturated rings. The summed E-state index contributed by atoms with van der Waals surface area (Å²) in [6.07, 6.45) is 3.77. The maximum atomic E-state index is 11.6. The Morgan fingerprint density at radius 2 is 1.90 bits per heavy atom. The fraction of sp³-hybridized carbons (Fsp3) is 0.364. The third-order valence-electron chi connectivity index (χ3n) is 5.36. The molecule has 2 aliphatic heterocycles. The average Bonchev–Trinajstić information content (AvgIpc) is 3.49. The number of carbonyl (C=O) groups excluding carboxylic acids is 1. The third-order valence-corrected chi connectivity index (χ3v) is 6.65. The first-order chi connectivity index (χ1) is 14.3. The molecule has 6 nitrogen and oxygen atoms in total. The monoisotopic (exact) mass is 408 g/mol. The number of hydrogen-bond acceptors (Lipinski definition) is 7. The highest BCUT2D eigenvalue weighted by molar-refractivity contribution is 8.00. The molecule has 0 bridgehead atoms. The summed E-state index contributed by atoms with van der Waals surface area (Å²) >= 11 is 1.80. The van der Waals surface area contributed by atoms with Crippen LogP contribution in [0.3, 0.4) is 0 Å². The number of nitrogens with zero attached hydrogens (tertiary/aromatic N) is 3. The first-order valence-corrected chi connectivity index (χ1v) is 11.0. The summed E-state index contributed by atoms with van der Waals surface area (Å²) in [7, 11) is 0. The van der Waals surface area contributed by atoms with E-state index in [-0.39, 0.29) is 5.37 Å². The molecule has 29 heavy (non-hydrogen) atoms. The highest BCUT2D eigenvalue weighted by Crippen LogP contribution is 2.37. The van der Waals surface area contributed by atoms with Gasteiger partial charge in [-0.3, -0.25) is 4.79 Å².